The van der Waals surface area contributed by atoms with E-state index >= 15 is 0 Å². The lowest BCUT2D eigenvalue weighted by molar-refractivity contribution is -0.149. The molecule has 2 N–H and O–H groups in total. The van der Waals surface area contributed by atoms with E-state index in [0.29, 0.717) is 6.42 Å². The molecular formula is C17H21NO4. The summed E-state index contributed by atoms with van der Waals surface area (Å²) in [5.41, 5.74) is 2.10. The second-order valence-corrected chi connectivity index (χ2v) is 6.63. The van der Waals surface area contributed by atoms with E-state index in [2.05, 4.69) is 5.32 Å². The Morgan fingerprint density at radius 3 is 2.50 bits per heavy atom. The van der Waals surface area contributed by atoms with Crippen LogP contribution in [-0.2, 0) is 16.0 Å². The highest BCUT2D eigenvalue weighted by atomic mass is 16.5. The van der Waals surface area contributed by atoms with Gasteiger partial charge in [0.05, 0.1) is 0 Å². The zero-order chi connectivity index (χ0) is 16.1. The van der Waals surface area contributed by atoms with Crippen molar-refractivity contribution in [3.05, 3.63) is 28.8 Å². The molecule has 5 heteroatoms. The van der Waals surface area contributed by atoms with E-state index in [-0.39, 0.29) is 11.8 Å². The van der Waals surface area contributed by atoms with Crippen LogP contribution in [0.25, 0.3) is 0 Å². The van der Waals surface area contributed by atoms with Crippen molar-refractivity contribution in [2.75, 3.05) is 0 Å². The molecule has 2 unspecified atom stereocenters. The summed E-state index contributed by atoms with van der Waals surface area (Å²) < 4.78 is 5.73. The van der Waals surface area contributed by atoms with Crippen LogP contribution in [-0.4, -0.2) is 28.6 Å². The smallest absolute Gasteiger partial charge is 0.329 e. The van der Waals surface area contributed by atoms with Gasteiger partial charge >= 0.3 is 5.97 Å². The summed E-state index contributed by atoms with van der Waals surface area (Å²) in [6, 6.07) is 3.98. The minimum Gasteiger partial charge on any atom is -0.480 e. The van der Waals surface area contributed by atoms with Crippen LogP contribution in [0.5, 0.6) is 5.75 Å². The number of amides is 1. The molecule has 1 aliphatic heterocycles. The molecule has 2 atom stereocenters. The van der Waals surface area contributed by atoms with Crippen molar-refractivity contribution in [1.29, 1.82) is 0 Å². The number of nitrogens with one attached hydrogen (secondary N) is 1. The normalized spacial score (nSPS) is 22.4. The Morgan fingerprint density at radius 1 is 1.27 bits per heavy atom. The van der Waals surface area contributed by atoms with Crippen molar-refractivity contribution >= 4 is 11.9 Å². The number of carbonyl (C=O) groups is 2. The van der Waals surface area contributed by atoms with Gasteiger partial charge in [-0.15, -0.1) is 0 Å². The minimum atomic E-state index is -1.19. The Kier molecular flexibility index (Phi) is 3.38. The topological polar surface area (TPSA) is 75.6 Å². The number of carboxylic acid groups (broad SMARTS) is 1. The third-order valence-corrected chi connectivity index (χ3v) is 4.86. The average molecular weight is 303 g/mol. The van der Waals surface area contributed by atoms with Crippen molar-refractivity contribution in [3.8, 4) is 5.75 Å². The maximum atomic E-state index is 12.4. The van der Waals surface area contributed by atoms with Crippen LogP contribution in [0.15, 0.2) is 12.1 Å². The fraction of sp³-hybridized carbons (Fsp3) is 0.529. The summed E-state index contributed by atoms with van der Waals surface area (Å²) in [6.45, 7) is 5.61. The van der Waals surface area contributed by atoms with Gasteiger partial charge < -0.3 is 15.2 Å². The predicted molar refractivity (Wildman–Crippen MR) is 80.9 cm³/mol. The van der Waals surface area contributed by atoms with E-state index < -0.39 is 17.6 Å². The predicted octanol–water partition coefficient (Wildman–Crippen LogP) is 1.98. The van der Waals surface area contributed by atoms with Gasteiger partial charge in [-0.1, -0.05) is 6.07 Å². The molecule has 1 aromatic carbocycles. The number of carbonyl (C=O) groups excluding carboxylic acids is 1. The number of benzene rings is 1. The van der Waals surface area contributed by atoms with Gasteiger partial charge in [0, 0.05) is 6.42 Å². The maximum Gasteiger partial charge on any atom is 0.329 e. The Balaban J connectivity index is 1.73. The molecule has 0 saturated heterocycles. The first kappa shape index (κ1) is 14.9. The molecule has 0 spiro atoms. The number of hydrogen-bond acceptors (Lipinski definition) is 3. The van der Waals surface area contributed by atoms with Crippen LogP contribution in [0.2, 0.25) is 0 Å². The van der Waals surface area contributed by atoms with Crippen LogP contribution in [0.4, 0.5) is 0 Å². The Bertz CT molecular complexity index is 619. The molecule has 1 amide bonds. The Labute approximate surface area is 129 Å². The molecule has 3 rings (SSSR count). The van der Waals surface area contributed by atoms with Crippen molar-refractivity contribution in [2.24, 2.45) is 5.92 Å². The molecule has 1 fully saturated rings. The van der Waals surface area contributed by atoms with Gasteiger partial charge in [0.2, 0.25) is 0 Å². The number of aryl methyl sites for hydroxylation is 2. The van der Waals surface area contributed by atoms with E-state index in [1.165, 1.54) is 0 Å². The lowest BCUT2D eigenvalue weighted by atomic mass is 9.95. The molecule has 5 nitrogen and oxygen atoms in total. The van der Waals surface area contributed by atoms with Gasteiger partial charge in [-0.05, 0) is 62.3 Å². The van der Waals surface area contributed by atoms with Crippen molar-refractivity contribution < 1.29 is 19.4 Å². The molecule has 0 bridgehead atoms. The summed E-state index contributed by atoms with van der Waals surface area (Å²) in [7, 11) is 0. The standard InChI is InChI=1S/C17H21NO4/c1-9-6-11-8-14(22-13(11)7-10(9)2)15(19)18-17(3,16(20)21)12-4-5-12/h6-7,12,14H,4-5,8H2,1-3H3,(H,18,19)(H,20,21). The number of carboxylic acids is 1. The fourth-order valence-electron chi connectivity index (χ4n) is 2.99. The summed E-state index contributed by atoms with van der Waals surface area (Å²) in [5.74, 6) is -0.581. The van der Waals surface area contributed by atoms with Gasteiger partial charge in [0.1, 0.15) is 11.3 Å². The van der Waals surface area contributed by atoms with Crippen LogP contribution < -0.4 is 10.1 Å². The summed E-state index contributed by atoms with van der Waals surface area (Å²) in [5, 5.41) is 12.1. The van der Waals surface area contributed by atoms with Crippen LogP contribution in [0.1, 0.15) is 36.5 Å². The zero-order valence-corrected chi connectivity index (χ0v) is 13.1. The lowest BCUT2D eigenvalue weighted by Crippen LogP contribution is -2.57. The van der Waals surface area contributed by atoms with Crippen molar-refractivity contribution in [3.63, 3.8) is 0 Å². The first-order chi connectivity index (χ1) is 10.3. The molecule has 1 saturated carbocycles. The highest BCUT2D eigenvalue weighted by Crippen LogP contribution is 2.40. The second-order valence-electron chi connectivity index (χ2n) is 6.63. The van der Waals surface area contributed by atoms with E-state index in [4.69, 9.17) is 4.74 Å². The van der Waals surface area contributed by atoms with Gasteiger partial charge in [0.25, 0.3) is 5.91 Å². The van der Waals surface area contributed by atoms with Gasteiger partial charge in [-0.2, -0.15) is 0 Å². The molecule has 1 aromatic rings. The van der Waals surface area contributed by atoms with E-state index in [9.17, 15) is 14.7 Å². The highest BCUT2D eigenvalue weighted by Gasteiger charge is 2.49. The van der Waals surface area contributed by atoms with Gasteiger partial charge in [-0.25, -0.2) is 4.79 Å². The quantitative estimate of drug-likeness (QED) is 0.892. The first-order valence-corrected chi connectivity index (χ1v) is 7.63. The Hall–Kier alpha value is -2.04. The molecule has 0 radical (unpaired) electrons. The minimum absolute atomic E-state index is 0.0159. The van der Waals surface area contributed by atoms with Crippen molar-refractivity contribution in [2.45, 2.75) is 51.7 Å². The maximum absolute atomic E-state index is 12.4. The Morgan fingerprint density at radius 2 is 1.91 bits per heavy atom. The van der Waals surface area contributed by atoms with Crippen LogP contribution in [0, 0.1) is 19.8 Å². The van der Waals surface area contributed by atoms with E-state index in [0.717, 1.165) is 35.3 Å². The molecule has 22 heavy (non-hydrogen) atoms. The molecule has 118 valence electrons. The number of ether oxygens (including phenoxy) is 1. The van der Waals surface area contributed by atoms with Crippen LogP contribution in [0.3, 0.4) is 0 Å². The average Bonchev–Trinajstić information content (AvgIpc) is 3.22. The van der Waals surface area contributed by atoms with Crippen LogP contribution >= 0.6 is 0 Å². The SMILES string of the molecule is Cc1cc2c(cc1C)OC(C(=O)NC(C)(C(=O)O)C1CC1)C2. The van der Waals surface area contributed by atoms with E-state index in [1.54, 1.807) is 6.92 Å². The zero-order valence-electron chi connectivity index (χ0n) is 13.1. The third-order valence-electron chi connectivity index (χ3n) is 4.86. The first-order valence-electron chi connectivity index (χ1n) is 7.63. The second kappa shape index (κ2) is 5.00. The fourth-order valence-corrected chi connectivity index (χ4v) is 2.99. The molecular weight excluding hydrogens is 282 g/mol. The molecule has 1 aliphatic carbocycles. The molecule has 0 aromatic heterocycles. The summed E-state index contributed by atoms with van der Waals surface area (Å²) in [6.07, 6.45) is 1.52. The van der Waals surface area contributed by atoms with Gasteiger partial charge in [-0.3, -0.25) is 4.79 Å². The molecule has 2 aliphatic rings. The van der Waals surface area contributed by atoms with E-state index in [1.807, 2.05) is 26.0 Å². The largest absolute Gasteiger partial charge is 0.480 e. The third kappa shape index (κ3) is 2.45. The summed E-state index contributed by atoms with van der Waals surface area (Å²) in [4.78, 5) is 23.9. The highest BCUT2D eigenvalue weighted by molar-refractivity contribution is 5.90. The number of aliphatic carboxylic acids is 1. The van der Waals surface area contributed by atoms with Crippen molar-refractivity contribution in [1.82, 2.24) is 5.32 Å². The number of fused-ring (bicyclic) bond motifs is 1. The van der Waals surface area contributed by atoms with Gasteiger partial charge in [0.15, 0.2) is 6.10 Å². The number of rotatable bonds is 4. The lowest BCUT2D eigenvalue weighted by Gasteiger charge is -2.27. The monoisotopic (exact) mass is 303 g/mol. The molecule has 1 heterocycles. The summed E-state index contributed by atoms with van der Waals surface area (Å²) >= 11 is 0. The number of hydrogen-bond donors (Lipinski definition) is 2.